The van der Waals surface area contributed by atoms with Crippen LogP contribution in [0.1, 0.15) is 30.1 Å². The molecule has 0 saturated carbocycles. The van der Waals surface area contributed by atoms with Crippen LogP contribution in [0, 0.1) is 5.82 Å². The summed E-state index contributed by atoms with van der Waals surface area (Å²) in [5.74, 6) is -2.97. The highest BCUT2D eigenvalue weighted by molar-refractivity contribution is 5.73. The Morgan fingerprint density at radius 1 is 1.16 bits per heavy atom. The average molecular weight is 456 g/mol. The number of likely N-dealkylation sites (tertiary alicyclic amines) is 1. The number of halogens is 4. The Morgan fingerprint density at radius 3 is 2.31 bits per heavy atom. The molecule has 2 aromatic rings. The van der Waals surface area contributed by atoms with Gasteiger partial charge in [-0.3, -0.25) is 4.90 Å². The lowest BCUT2D eigenvalue weighted by Gasteiger charge is -2.30. The van der Waals surface area contributed by atoms with Gasteiger partial charge in [-0.05, 0) is 30.5 Å². The molecule has 174 valence electrons. The summed E-state index contributed by atoms with van der Waals surface area (Å²) in [4.78, 5) is 11.3. The lowest BCUT2D eigenvalue weighted by Crippen LogP contribution is -2.34. The average Bonchev–Trinajstić information content (AvgIpc) is 3.24. The molecule has 0 atom stereocenters. The van der Waals surface area contributed by atoms with Gasteiger partial charge in [-0.25, -0.2) is 13.9 Å². The smallest absolute Gasteiger partial charge is 0.475 e. The van der Waals surface area contributed by atoms with Crippen molar-refractivity contribution in [3.8, 4) is 0 Å². The maximum Gasteiger partial charge on any atom is 0.490 e. The molecule has 1 aliphatic rings. The first-order valence-electron chi connectivity index (χ1n) is 9.82. The highest BCUT2D eigenvalue weighted by Gasteiger charge is 2.38. The second kappa shape index (κ2) is 12.1. The number of rotatable bonds is 6. The Morgan fingerprint density at radius 2 is 1.78 bits per heavy atom. The number of carboxylic acid groups (broad SMARTS) is 1. The molecule has 0 radical (unpaired) electrons. The number of nitrogens with zero attached hydrogens (tertiary/aromatic N) is 4. The van der Waals surface area contributed by atoms with E-state index < -0.39 is 12.1 Å². The molecule has 1 aliphatic heterocycles. The van der Waals surface area contributed by atoms with E-state index in [1.54, 1.807) is 12.1 Å². The highest BCUT2D eigenvalue weighted by atomic mass is 19.4. The molecule has 1 aromatic carbocycles. The van der Waals surface area contributed by atoms with Crippen molar-refractivity contribution in [1.29, 1.82) is 0 Å². The Hall–Kier alpha value is -3.05. The summed E-state index contributed by atoms with van der Waals surface area (Å²) in [5.41, 5.74) is 1.61. The van der Waals surface area contributed by atoms with Gasteiger partial charge in [-0.1, -0.05) is 41.7 Å². The number of piperidine rings is 1. The summed E-state index contributed by atoms with van der Waals surface area (Å²) < 4.78 is 46.4. The topological polar surface area (TPSA) is 91.5 Å². The Kier molecular flexibility index (Phi) is 9.54. The van der Waals surface area contributed by atoms with Gasteiger partial charge in [-0.15, -0.1) is 5.10 Å². The van der Waals surface area contributed by atoms with Gasteiger partial charge in [0, 0.05) is 19.6 Å². The first-order valence-corrected chi connectivity index (χ1v) is 9.82. The Bertz CT molecular complexity index is 903. The lowest BCUT2D eigenvalue weighted by atomic mass is 10.1. The van der Waals surface area contributed by atoms with Gasteiger partial charge >= 0.3 is 12.1 Å². The maximum atomic E-state index is 12.8. The van der Waals surface area contributed by atoms with Crippen molar-refractivity contribution < 1.29 is 32.6 Å². The number of alkyl halides is 3. The molecular formula is C21H24F4N4O3. The van der Waals surface area contributed by atoms with Crippen LogP contribution in [-0.2, 0) is 11.4 Å². The van der Waals surface area contributed by atoms with Crippen LogP contribution in [0.3, 0.4) is 0 Å². The van der Waals surface area contributed by atoms with Crippen molar-refractivity contribution in [2.24, 2.45) is 0 Å². The van der Waals surface area contributed by atoms with Crippen molar-refractivity contribution in [2.45, 2.75) is 31.7 Å². The van der Waals surface area contributed by atoms with E-state index >= 15 is 0 Å². The molecule has 2 heterocycles. The van der Waals surface area contributed by atoms with Crippen LogP contribution in [-0.4, -0.2) is 61.9 Å². The zero-order valence-corrected chi connectivity index (χ0v) is 17.1. The van der Waals surface area contributed by atoms with Gasteiger partial charge in [0.25, 0.3) is 0 Å². The molecule has 0 spiro atoms. The third-order valence-electron chi connectivity index (χ3n) is 4.66. The van der Waals surface area contributed by atoms with Crippen LogP contribution < -0.4 is 0 Å². The van der Waals surface area contributed by atoms with E-state index in [0.717, 1.165) is 38.0 Å². The van der Waals surface area contributed by atoms with Crippen LogP contribution in [0.5, 0.6) is 0 Å². The van der Waals surface area contributed by atoms with E-state index in [9.17, 15) is 17.6 Å². The first-order chi connectivity index (χ1) is 15.2. The molecule has 0 aliphatic carbocycles. The van der Waals surface area contributed by atoms with Crippen LogP contribution in [0.15, 0.2) is 48.7 Å². The largest absolute Gasteiger partial charge is 0.490 e. The molecule has 0 bridgehead atoms. The van der Waals surface area contributed by atoms with E-state index in [1.807, 2.05) is 29.1 Å². The zero-order valence-electron chi connectivity index (χ0n) is 17.1. The van der Waals surface area contributed by atoms with E-state index in [0.29, 0.717) is 11.7 Å². The first kappa shape index (κ1) is 25.2. The Labute approximate surface area is 182 Å². The Balaban J connectivity index is 0.000000451. The van der Waals surface area contributed by atoms with Gasteiger partial charge in [0.05, 0.1) is 18.8 Å². The number of hydrogen-bond acceptors (Lipinski definition) is 5. The molecule has 1 saturated heterocycles. The minimum absolute atomic E-state index is 0.0604. The summed E-state index contributed by atoms with van der Waals surface area (Å²) >= 11 is 0. The molecule has 3 rings (SSSR count). The minimum atomic E-state index is -5.08. The molecule has 32 heavy (non-hydrogen) atoms. The summed E-state index contributed by atoms with van der Waals surface area (Å²) in [5, 5.41) is 24.2. The number of allylic oxidation sites excluding steroid dienone is 2. The highest BCUT2D eigenvalue weighted by Crippen LogP contribution is 2.21. The van der Waals surface area contributed by atoms with Gasteiger partial charge in [0.1, 0.15) is 11.5 Å². The molecule has 11 heteroatoms. The fourth-order valence-electron chi connectivity index (χ4n) is 2.96. The van der Waals surface area contributed by atoms with Crippen molar-refractivity contribution >= 4 is 12.0 Å². The second-order valence-corrected chi connectivity index (χ2v) is 7.02. The van der Waals surface area contributed by atoms with Crippen LogP contribution in [0.25, 0.3) is 6.08 Å². The van der Waals surface area contributed by atoms with Crippen molar-refractivity contribution in [2.75, 3.05) is 19.6 Å². The van der Waals surface area contributed by atoms with E-state index in [2.05, 4.69) is 21.3 Å². The number of aromatic nitrogens is 3. The standard InChI is InChI=1S/C19H23FN4O.C2HF3O2/c20-17-7-5-16(6-8-17)4-2-1-3-11-23-12-9-19(10-13-23)24-14-18(15-25)21-22-24;3-2(4,5)1(6)7/h1-8,14,19,25H,9-13,15H2;(H,6,7)/b3-1+,4-2+;. The molecule has 1 fully saturated rings. The van der Waals surface area contributed by atoms with Crippen molar-refractivity contribution in [1.82, 2.24) is 19.9 Å². The number of aliphatic hydroxyl groups excluding tert-OH is 1. The van der Waals surface area contributed by atoms with E-state index in [-0.39, 0.29) is 12.4 Å². The minimum Gasteiger partial charge on any atom is -0.475 e. The number of carbonyl (C=O) groups is 1. The van der Waals surface area contributed by atoms with Gasteiger partial charge in [0.2, 0.25) is 0 Å². The van der Waals surface area contributed by atoms with Crippen molar-refractivity contribution in [3.63, 3.8) is 0 Å². The van der Waals surface area contributed by atoms with Crippen LogP contribution >= 0.6 is 0 Å². The van der Waals surface area contributed by atoms with E-state index in [4.69, 9.17) is 15.0 Å². The molecule has 0 unspecified atom stereocenters. The quantitative estimate of drug-likeness (QED) is 0.511. The zero-order chi connectivity index (χ0) is 23.6. The predicted molar refractivity (Wildman–Crippen MR) is 109 cm³/mol. The van der Waals surface area contributed by atoms with Crippen LogP contribution in [0.4, 0.5) is 17.6 Å². The van der Waals surface area contributed by atoms with Gasteiger partial charge in [0.15, 0.2) is 0 Å². The fourth-order valence-corrected chi connectivity index (χ4v) is 2.96. The lowest BCUT2D eigenvalue weighted by molar-refractivity contribution is -0.192. The summed E-state index contributed by atoms with van der Waals surface area (Å²) in [6.45, 7) is 2.89. The molecular weight excluding hydrogens is 432 g/mol. The summed E-state index contributed by atoms with van der Waals surface area (Å²) in [7, 11) is 0. The third kappa shape index (κ3) is 8.60. The molecule has 2 N–H and O–H groups in total. The van der Waals surface area contributed by atoms with Gasteiger partial charge in [-0.2, -0.15) is 13.2 Å². The number of hydrogen-bond donors (Lipinski definition) is 2. The molecule has 7 nitrogen and oxygen atoms in total. The normalized spacial score (nSPS) is 15.8. The maximum absolute atomic E-state index is 12.8. The number of carboxylic acids is 1. The molecule has 1 aromatic heterocycles. The SMILES string of the molecule is O=C(O)C(F)(F)F.OCc1cn(C2CCN(C/C=C/C=C/c3ccc(F)cc3)CC2)nn1. The van der Waals surface area contributed by atoms with Gasteiger partial charge < -0.3 is 10.2 Å². The predicted octanol–water partition coefficient (Wildman–Crippen LogP) is 3.45. The number of benzene rings is 1. The summed E-state index contributed by atoms with van der Waals surface area (Å²) in [6.07, 6.45) is 6.93. The number of aliphatic carboxylic acids is 1. The van der Waals surface area contributed by atoms with Crippen LogP contribution in [0.2, 0.25) is 0 Å². The number of aliphatic hydroxyl groups is 1. The molecule has 0 amide bonds. The fraction of sp³-hybridized carbons (Fsp3) is 0.381. The summed E-state index contributed by atoms with van der Waals surface area (Å²) in [6, 6.07) is 6.82. The van der Waals surface area contributed by atoms with Crippen molar-refractivity contribution in [3.05, 3.63) is 65.8 Å². The monoisotopic (exact) mass is 456 g/mol. The van der Waals surface area contributed by atoms with E-state index in [1.165, 1.54) is 12.1 Å². The second-order valence-electron chi connectivity index (χ2n) is 7.02. The third-order valence-corrected chi connectivity index (χ3v) is 4.66.